The van der Waals surface area contributed by atoms with E-state index in [-0.39, 0.29) is 11.2 Å². The number of hydrogen-bond acceptors (Lipinski definition) is 6. The Balaban J connectivity index is 1.50. The second-order valence-corrected chi connectivity index (χ2v) is 8.83. The van der Waals surface area contributed by atoms with E-state index in [9.17, 15) is 4.79 Å². The number of carbonyl (C=O) groups excluding carboxylic acids is 1. The van der Waals surface area contributed by atoms with Crippen molar-refractivity contribution in [3.63, 3.8) is 0 Å². The topological polar surface area (TPSA) is 95.1 Å². The molecule has 0 bridgehead atoms. The van der Waals surface area contributed by atoms with Gasteiger partial charge in [-0.15, -0.1) is 10.2 Å². The minimum absolute atomic E-state index is 0.106. The van der Waals surface area contributed by atoms with Crippen LogP contribution in [0.4, 0.5) is 5.69 Å². The van der Waals surface area contributed by atoms with Crippen LogP contribution in [-0.2, 0) is 11.2 Å². The molecule has 0 unspecified atom stereocenters. The Bertz CT molecular complexity index is 787. The minimum Gasteiger partial charge on any atom is -0.494 e. The lowest BCUT2D eigenvalue weighted by molar-refractivity contribution is -0.115. The van der Waals surface area contributed by atoms with E-state index in [0.717, 1.165) is 36.0 Å². The molecule has 0 aliphatic heterocycles. The van der Waals surface area contributed by atoms with Gasteiger partial charge in [0, 0.05) is 12.1 Å². The van der Waals surface area contributed by atoms with E-state index in [1.807, 2.05) is 38.1 Å². The summed E-state index contributed by atoms with van der Waals surface area (Å²) in [5.74, 6) is 8.43. The number of hydrogen-bond donors (Lipinski definition) is 2. The van der Waals surface area contributed by atoms with Gasteiger partial charge in [0.2, 0.25) is 11.1 Å². The number of nitrogen functional groups attached to an aromatic ring is 1. The standard InChI is InChI=1S/C21H31N5O2S/c1-3-28-18-12-10-17(11-13-18)23-20(27)15(2)29-21-25-24-19(26(21)22)14-9-16-7-5-4-6-8-16/h10-13,15-16H,3-9,14,22H2,1-2H3,(H,23,27)/t15-/m0/s1. The SMILES string of the molecule is CCOc1ccc(NC(=O)[C@H](C)Sc2nnc(CCC3CCCCC3)n2N)cc1. The number of ether oxygens (including phenoxy) is 1. The van der Waals surface area contributed by atoms with Crippen LogP contribution in [0.5, 0.6) is 5.75 Å². The highest BCUT2D eigenvalue weighted by Crippen LogP contribution is 2.28. The molecular weight excluding hydrogens is 386 g/mol. The molecule has 3 rings (SSSR count). The minimum atomic E-state index is -0.348. The summed E-state index contributed by atoms with van der Waals surface area (Å²) >= 11 is 1.32. The molecule has 158 valence electrons. The monoisotopic (exact) mass is 417 g/mol. The van der Waals surface area contributed by atoms with Crippen LogP contribution in [0.3, 0.4) is 0 Å². The van der Waals surface area contributed by atoms with Crippen molar-refractivity contribution in [2.75, 3.05) is 17.8 Å². The molecular formula is C21H31N5O2S. The normalized spacial score (nSPS) is 15.8. The number of anilines is 1. The van der Waals surface area contributed by atoms with Gasteiger partial charge in [-0.05, 0) is 50.5 Å². The highest BCUT2D eigenvalue weighted by Gasteiger charge is 2.20. The predicted octanol–water partition coefficient (Wildman–Crippen LogP) is 4.02. The van der Waals surface area contributed by atoms with Crippen LogP contribution >= 0.6 is 11.8 Å². The molecule has 1 aromatic heterocycles. The summed E-state index contributed by atoms with van der Waals surface area (Å²) in [5, 5.41) is 11.6. The van der Waals surface area contributed by atoms with Crippen molar-refractivity contribution in [3.8, 4) is 5.75 Å². The van der Waals surface area contributed by atoms with Gasteiger partial charge in [-0.1, -0.05) is 43.9 Å². The molecule has 0 radical (unpaired) electrons. The Morgan fingerprint density at radius 3 is 2.69 bits per heavy atom. The van der Waals surface area contributed by atoms with Crippen molar-refractivity contribution < 1.29 is 9.53 Å². The fourth-order valence-corrected chi connectivity index (χ4v) is 4.41. The maximum atomic E-state index is 12.5. The lowest BCUT2D eigenvalue weighted by atomic mass is 9.86. The average Bonchev–Trinajstić information content (AvgIpc) is 3.08. The lowest BCUT2D eigenvalue weighted by Crippen LogP contribution is -2.24. The van der Waals surface area contributed by atoms with Crippen molar-refractivity contribution in [2.45, 2.75) is 69.2 Å². The molecule has 8 heteroatoms. The van der Waals surface area contributed by atoms with Gasteiger partial charge in [-0.25, -0.2) is 4.68 Å². The van der Waals surface area contributed by atoms with Crippen molar-refractivity contribution in [2.24, 2.45) is 5.92 Å². The molecule has 1 amide bonds. The van der Waals surface area contributed by atoms with E-state index in [1.54, 1.807) is 0 Å². The van der Waals surface area contributed by atoms with Gasteiger partial charge in [0.1, 0.15) is 5.75 Å². The summed E-state index contributed by atoms with van der Waals surface area (Å²) in [6.45, 7) is 4.39. The van der Waals surface area contributed by atoms with Gasteiger partial charge >= 0.3 is 0 Å². The van der Waals surface area contributed by atoms with Crippen LogP contribution in [0, 0.1) is 5.92 Å². The number of aromatic nitrogens is 3. The Kier molecular flexibility index (Phi) is 7.80. The number of aryl methyl sites for hydroxylation is 1. The summed E-state index contributed by atoms with van der Waals surface area (Å²) in [7, 11) is 0. The third kappa shape index (κ3) is 6.13. The number of rotatable bonds is 9. The Morgan fingerprint density at radius 2 is 2.00 bits per heavy atom. The van der Waals surface area contributed by atoms with Gasteiger partial charge in [0.15, 0.2) is 5.82 Å². The second kappa shape index (κ2) is 10.5. The largest absolute Gasteiger partial charge is 0.494 e. The summed E-state index contributed by atoms with van der Waals surface area (Å²) in [6, 6.07) is 7.34. The second-order valence-electron chi connectivity index (χ2n) is 7.52. The van der Waals surface area contributed by atoms with E-state index in [0.29, 0.717) is 11.8 Å². The fraction of sp³-hybridized carbons (Fsp3) is 0.571. The fourth-order valence-electron chi connectivity index (χ4n) is 3.62. The third-order valence-corrected chi connectivity index (χ3v) is 6.38. The van der Waals surface area contributed by atoms with E-state index >= 15 is 0 Å². The zero-order valence-corrected chi connectivity index (χ0v) is 18.1. The van der Waals surface area contributed by atoms with Crippen LogP contribution in [-0.4, -0.2) is 32.6 Å². The maximum Gasteiger partial charge on any atom is 0.237 e. The van der Waals surface area contributed by atoms with Crippen LogP contribution in [0.1, 0.15) is 58.2 Å². The molecule has 1 heterocycles. The zero-order chi connectivity index (χ0) is 20.6. The van der Waals surface area contributed by atoms with E-state index in [2.05, 4.69) is 15.5 Å². The molecule has 1 fully saturated rings. The van der Waals surface area contributed by atoms with Crippen LogP contribution in [0.15, 0.2) is 29.4 Å². The summed E-state index contributed by atoms with van der Waals surface area (Å²) in [5.41, 5.74) is 0.730. The maximum absolute atomic E-state index is 12.5. The van der Waals surface area contributed by atoms with Crippen LogP contribution in [0.25, 0.3) is 0 Å². The van der Waals surface area contributed by atoms with Gasteiger partial charge in [-0.3, -0.25) is 4.79 Å². The van der Waals surface area contributed by atoms with E-state index < -0.39 is 0 Å². The van der Waals surface area contributed by atoms with Crippen molar-refractivity contribution in [1.29, 1.82) is 0 Å². The molecule has 3 N–H and O–H groups in total. The zero-order valence-electron chi connectivity index (χ0n) is 17.3. The van der Waals surface area contributed by atoms with E-state index in [1.165, 1.54) is 48.5 Å². The Labute approximate surface area is 176 Å². The molecule has 29 heavy (non-hydrogen) atoms. The Morgan fingerprint density at radius 1 is 1.28 bits per heavy atom. The van der Waals surface area contributed by atoms with Crippen molar-refractivity contribution in [1.82, 2.24) is 14.9 Å². The van der Waals surface area contributed by atoms with Crippen LogP contribution in [0.2, 0.25) is 0 Å². The highest BCUT2D eigenvalue weighted by atomic mass is 32.2. The number of nitrogens with zero attached hydrogens (tertiary/aromatic N) is 3. The first-order chi connectivity index (χ1) is 14.1. The number of nitrogens with two attached hydrogens (primary N) is 1. The molecule has 1 aromatic carbocycles. The number of benzene rings is 1. The molecule has 0 saturated heterocycles. The van der Waals surface area contributed by atoms with Gasteiger partial charge in [-0.2, -0.15) is 0 Å². The average molecular weight is 418 g/mol. The van der Waals surface area contributed by atoms with Gasteiger partial charge in [0.25, 0.3) is 0 Å². The first kappa shape index (κ1) is 21.5. The third-order valence-electron chi connectivity index (χ3n) is 5.32. The number of thioether (sulfide) groups is 1. The number of nitrogens with one attached hydrogen (secondary N) is 1. The van der Waals surface area contributed by atoms with Crippen molar-refractivity contribution >= 4 is 23.4 Å². The first-order valence-electron chi connectivity index (χ1n) is 10.5. The summed E-state index contributed by atoms with van der Waals surface area (Å²) in [6.07, 6.45) is 8.59. The molecule has 2 aromatic rings. The molecule has 1 aliphatic carbocycles. The number of carbonyl (C=O) groups is 1. The first-order valence-corrected chi connectivity index (χ1v) is 11.3. The summed E-state index contributed by atoms with van der Waals surface area (Å²) < 4.78 is 6.95. The van der Waals surface area contributed by atoms with Crippen molar-refractivity contribution in [3.05, 3.63) is 30.1 Å². The molecule has 1 atom stereocenters. The molecule has 0 spiro atoms. The smallest absolute Gasteiger partial charge is 0.237 e. The lowest BCUT2D eigenvalue weighted by Gasteiger charge is -2.20. The quantitative estimate of drug-likeness (QED) is 0.473. The van der Waals surface area contributed by atoms with Crippen LogP contribution < -0.4 is 15.9 Å². The van der Waals surface area contributed by atoms with E-state index in [4.69, 9.17) is 10.6 Å². The molecule has 1 aliphatic rings. The van der Waals surface area contributed by atoms with Gasteiger partial charge in [0.05, 0.1) is 11.9 Å². The molecule has 7 nitrogen and oxygen atoms in total. The molecule has 1 saturated carbocycles. The van der Waals surface area contributed by atoms with Gasteiger partial charge < -0.3 is 15.9 Å². The highest BCUT2D eigenvalue weighted by molar-refractivity contribution is 8.00. The predicted molar refractivity (Wildman–Crippen MR) is 117 cm³/mol. The summed E-state index contributed by atoms with van der Waals surface area (Å²) in [4.78, 5) is 12.5. The number of amides is 1. The Hall–Kier alpha value is -2.22.